The van der Waals surface area contributed by atoms with Crippen molar-refractivity contribution in [2.45, 2.75) is 19.3 Å². The predicted octanol–water partition coefficient (Wildman–Crippen LogP) is 3.09. The number of hydrogen-bond acceptors (Lipinski definition) is 4. The van der Waals surface area contributed by atoms with Crippen LogP contribution in [0.4, 0.5) is 0 Å². The second-order valence-electron chi connectivity index (χ2n) is 5.30. The highest BCUT2D eigenvalue weighted by Crippen LogP contribution is 2.48. The number of benzene rings is 1. The van der Waals surface area contributed by atoms with Crippen LogP contribution in [0.2, 0.25) is 0 Å². The fraction of sp³-hybridized carbons (Fsp3) is 0.312. The summed E-state index contributed by atoms with van der Waals surface area (Å²) in [5, 5.41) is 9.73. The fourth-order valence-electron chi connectivity index (χ4n) is 2.19. The Hall–Kier alpha value is -2.41. The van der Waals surface area contributed by atoms with Crippen LogP contribution in [0.3, 0.4) is 0 Å². The van der Waals surface area contributed by atoms with Crippen molar-refractivity contribution in [2.24, 2.45) is 5.41 Å². The highest BCUT2D eigenvalue weighted by molar-refractivity contribution is 5.91. The van der Waals surface area contributed by atoms with E-state index in [4.69, 9.17) is 10.00 Å². The van der Waals surface area contributed by atoms with E-state index in [9.17, 15) is 4.79 Å². The van der Waals surface area contributed by atoms with Crippen LogP contribution >= 0.6 is 0 Å². The number of nitrogens with zero attached hydrogens (tertiary/aromatic N) is 2. The first kappa shape index (κ1) is 12.6. The lowest BCUT2D eigenvalue weighted by Gasteiger charge is -2.11. The van der Waals surface area contributed by atoms with Crippen LogP contribution in [-0.4, -0.2) is 17.6 Å². The first-order valence-electron chi connectivity index (χ1n) is 6.62. The van der Waals surface area contributed by atoms with Crippen molar-refractivity contribution in [1.29, 1.82) is 5.26 Å². The molecule has 1 heterocycles. The van der Waals surface area contributed by atoms with Gasteiger partial charge in [0.2, 0.25) is 0 Å². The standard InChI is InChI=1S/C16H14N2O2/c17-10-9-16(7-8-16)11-20-15(19)14-6-5-12-3-1-2-4-13(12)18-14/h1-6H,7-9,11H2. The Morgan fingerprint density at radius 2 is 2.10 bits per heavy atom. The van der Waals surface area contributed by atoms with Crippen LogP contribution in [0.1, 0.15) is 29.8 Å². The van der Waals surface area contributed by atoms with Crippen molar-refractivity contribution < 1.29 is 9.53 Å². The van der Waals surface area contributed by atoms with Gasteiger partial charge in [-0.3, -0.25) is 0 Å². The monoisotopic (exact) mass is 266 g/mol. The van der Waals surface area contributed by atoms with Crippen molar-refractivity contribution >= 4 is 16.9 Å². The summed E-state index contributed by atoms with van der Waals surface area (Å²) in [6.07, 6.45) is 2.36. The van der Waals surface area contributed by atoms with Crippen LogP contribution in [-0.2, 0) is 4.74 Å². The van der Waals surface area contributed by atoms with Crippen LogP contribution < -0.4 is 0 Å². The predicted molar refractivity (Wildman–Crippen MR) is 73.9 cm³/mol. The van der Waals surface area contributed by atoms with E-state index in [1.807, 2.05) is 30.3 Å². The number of nitriles is 1. The molecule has 1 aromatic carbocycles. The average Bonchev–Trinajstić information content (AvgIpc) is 3.25. The third-order valence-electron chi connectivity index (χ3n) is 3.73. The SMILES string of the molecule is N#CCC1(COC(=O)c2ccc3ccccc3n2)CC1. The summed E-state index contributed by atoms with van der Waals surface area (Å²) in [6.45, 7) is 0.313. The number of carbonyl (C=O) groups excluding carboxylic acids is 1. The molecule has 0 saturated heterocycles. The van der Waals surface area contributed by atoms with Crippen LogP contribution in [0.15, 0.2) is 36.4 Å². The molecule has 1 aliphatic carbocycles. The molecule has 0 amide bonds. The van der Waals surface area contributed by atoms with Gasteiger partial charge in [0, 0.05) is 17.2 Å². The summed E-state index contributed by atoms with van der Waals surface area (Å²) < 4.78 is 5.30. The maximum atomic E-state index is 12.0. The van der Waals surface area contributed by atoms with Gasteiger partial charge in [-0.05, 0) is 25.0 Å². The van der Waals surface area contributed by atoms with Gasteiger partial charge in [-0.2, -0.15) is 5.26 Å². The number of fused-ring (bicyclic) bond motifs is 1. The van der Waals surface area contributed by atoms with Gasteiger partial charge in [-0.15, -0.1) is 0 Å². The number of carbonyl (C=O) groups is 1. The number of aromatic nitrogens is 1. The van der Waals surface area contributed by atoms with Gasteiger partial charge in [0.15, 0.2) is 0 Å². The molecular formula is C16H14N2O2. The molecule has 4 nitrogen and oxygen atoms in total. The highest BCUT2D eigenvalue weighted by atomic mass is 16.5. The highest BCUT2D eigenvalue weighted by Gasteiger charge is 2.43. The Kier molecular flexibility index (Phi) is 3.11. The van der Waals surface area contributed by atoms with Crippen LogP contribution in [0, 0.1) is 16.7 Å². The van der Waals surface area contributed by atoms with E-state index < -0.39 is 5.97 Å². The van der Waals surface area contributed by atoms with Gasteiger partial charge in [-0.1, -0.05) is 24.3 Å². The molecule has 4 heteroatoms. The minimum atomic E-state index is -0.417. The third kappa shape index (κ3) is 2.48. The largest absolute Gasteiger partial charge is 0.460 e. The molecule has 100 valence electrons. The van der Waals surface area contributed by atoms with Gasteiger partial charge < -0.3 is 4.74 Å². The molecule has 2 aromatic rings. The zero-order valence-corrected chi connectivity index (χ0v) is 11.0. The van der Waals surface area contributed by atoms with E-state index in [1.165, 1.54) is 0 Å². The Bertz CT molecular complexity index is 699. The van der Waals surface area contributed by atoms with Crippen LogP contribution in [0.5, 0.6) is 0 Å². The van der Waals surface area contributed by atoms with E-state index in [1.54, 1.807) is 6.07 Å². The van der Waals surface area contributed by atoms with E-state index in [0.29, 0.717) is 18.7 Å². The van der Waals surface area contributed by atoms with Crippen LogP contribution in [0.25, 0.3) is 10.9 Å². The summed E-state index contributed by atoms with van der Waals surface area (Å²) in [5.41, 5.74) is 0.998. The lowest BCUT2D eigenvalue weighted by Crippen LogP contribution is -2.15. The number of hydrogen-bond donors (Lipinski definition) is 0. The lowest BCUT2D eigenvalue weighted by atomic mass is 10.1. The molecule has 0 unspecified atom stereocenters. The van der Waals surface area contributed by atoms with Gasteiger partial charge in [0.05, 0.1) is 18.2 Å². The maximum Gasteiger partial charge on any atom is 0.356 e. The molecule has 0 bridgehead atoms. The van der Waals surface area contributed by atoms with Gasteiger partial charge in [0.25, 0.3) is 0 Å². The zero-order chi connectivity index (χ0) is 14.0. The third-order valence-corrected chi connectivity index (χ3v) is 3.73. The first-order valence-corrected chi connectivity index (χ1v) is 6.62. The Morgan fingerprint density at radius 1 is 1.30 bits per heavy atom. The Labute approximate surface area is 117 Å². The molecule has 1 saturated carbocycles. The number of para-hydroxylation sites is 1. The summed E-state index contributed by atoms with van der Waals surface area (Å²) in [5.74, 6) is -0.417. The molecule has 0 radical (unpaired) electrons. The smallest absolute Gasteiger partial charge is 0.356 e. The molecule has 0 spiro atoms. The van der Waals surface area contributed by atoms with E-state index in [-0.39, 0.29) is 5.41 Å². The summed E-state index contributed by atoms with van der Waals surface area (Å²) in [4.78, 5) is 16.3. The van der Waals surface area contributed by atoms with E-state index in [0.717, 1.165) is 23.7 Å². The quantitative estimate of drug-likeness (QED) is 0.798. The van der Waals surface area contributed by atoms with E-state index in [2.05, 4.69) is 11.1 Å². The maximum absolute atomic E-state index is 12.0. The molecule has 0 N–H and O–H groups in total. The summed E-state index contributed by atoms with van der Waals surface area (Å²) >= 11 is 0. The Morgan fingerprint density at radius 3 is 2.85 bits per heavy atom. The van der Waals surface area contributed by atoms with Gasteiger partial charge in [-0.25, -0.2) is 9.78 Å². The van der Waals surface area contributed by atoms with E-state index >= 15 is 0 Å². The second kappa shape index (κ2) is 4.93. The molecule has 0 atom stereocenters. The van der Waals surface area contributed by atoms with Crippen molar-refractivity contribution in [3.63, 3.8) is 0 Å². The molecule has 1 aliphatic rings. The zero-order valence-electron chi connectivity index (χ0n) is 11.0. The number of rotatable bonds is 4. The number of ether oxygens (including phenoxy) is 1. The minimum absolute atomic E-state index is 0.0960. The Balaban J connectivity index is 1.71. The van der Waals surface area contributed by atoms with Crippen molar-refractivity contribution in [2.75, 3.05) is 6.61 Å². The van der Waals surface area contributed by atoms with Crippen molar-refractivity contribution in [1.82, 2.24) is 4.98 Å². The normalized spacial score (nSPS) is 15.6. The number of esters is 1. The molecule has 1 fully saturated rings. The van der Waals surface area contributed by atoms with Crippen molar-refractivity contribution in [3.8, 4) is 6.07 Å². The summed E-state index contributed by atoms with van der Waals surface area (Å²) in [7, 11) is 0. The molecule has 0 aliphatic heterocycles. The van der Waals surface area contributed by atoms with Gasteiger partial charge in [0.1, 0.15) is 5.69 Å². The molecule has 1 aromatic heterocycles. The molecule has 20 heavy (non-hydrogen) atoms. The fourth-order valence-corrected chi connectivity index (χ4v) is 2.19. The lowest BCUT2D eigenvalue weighted by molar-refractivity contribution is 0.0413. The number of pyridine rings is 1. The van der Waals surface area contributed by atoms with Crippen molar-refractivity contribution in [3.05, 3.63) is 42.1 Å². The topological polar surface area (TPSA) is 63.0 Å². The first-order chi connectivity index (χ1) is 9.72. The molecular weight excluding hydrogens is 252 g/mol. The van der Waals surface area contributed by atoms with Gasteiger partial charge >= 0.3 is 5.97 Å². The minimum Gasteiger partial charge on any atom is -0.460 e. The average molecular weight is 266 g/mol. The molecule has 3 rings (SSSR count). The second-order valence-corrected chi connectivity index (χ2v) is 5.30. The summed E-state index contributed by atoms with van der Waals surface area (Å²) in [6, 6.07) is 13.3.